The van der Waals surface area contributed by atoms with Gasteiger partial charge in [-0.15, -0.1) is 0 Å². The summed E-state index contributed by atoms with van der Waals surface area (Å²) in [5.41, 5.74) is 1.46. The molecule has 10 heteroatoms. The number of amides is 1. The minimum atomic E-state index is -3.77. The van der Waals surface area contributed by atoms with Crippen LogP contribution in [0.1, 0.15) is 39.1 Å². The van der Waals surface area contributed by atoms with Crippen LogP contribution >= 0.6 is 0 Å². The van der Waals surface area contributed by atoms with E-state index in [0.29, 0.717) is 35.2 Å². The predicted molar refractivity (Wildman–Crippen MR) is 130 cm³/mol. The van der Waals surface area contributed by atoms with Gasteiger partial charge < -0.3 is 14.6 Å². The van der Waals surface area contributed by atoms with Crippen molar-refractivity contribution in [3.05, 3.63) is 83.2 Å². The molecule has 0 spiro atoms. The Morgan fingerprint density at radius 1 is 1.03 bits per heavy atom. The average molecular weight is 514 g/mol. The summed E-state index contributed by atoms with van der Waals surface area (Å²) in [6.45, 7) is 0.362. The van der Waals surface area contributed by atoms with Crippen LogP contribution in [0.4, 0.5) is 4.39 Å². The zero-order valence-corrected chi connectivity index (χ0v) is 20.2. The molecule has 0 atom stereocenters. The van der Waals surface area contributed by atoms with E-state index in [2.05, 4.69) is 0 Å². The summed E-state index contributed by atoms with van der Waals surface area (Å²) in [6, 6.07) is 15.5. The molecule has 0 saturated heterocycles. The number of hydrogen-bond acceptors (Lipinski definition) is 6. The Morgan fingerprint density at radius 3 is 2.44 bits per heavy atom. The van der Waals surface area contributed by atoms with Gasteiger partial charge in [0.1, 0.15) is 29.5 Å². The Kier molecular flexibility index (Phi) is 7.25. The molecule has 2 N–H and O–H groups in total. The molecular weight excluding hydrogens is 489 g/mol. The van der Waals surface area contributed by atoms with Gasteiger partial charge >= 0.3 is 5.97 Å². The maximum absolute atomic E-state index is 14.5. The first-order valence-corrected chi connectivity index (χ1v) is 13.0. The molecule has 0 bridgehead atoms. The van der Waals surface area contributed by atoms with Crippen molar-refractivity contribution < 1.29 is 37.0 Å². The van der Waals surface area contributed by atoms with Gasteiger partial charge in [-0.1, -0.05) is 24.3 Å². The van der Waals surface area contributed by atoms with E-state index >= 15 is 0 Å². The second-order valence-corrected chi connectivity index (χ2v) is 10.3. The van der Waals surface area contributed by atoms with E-state index < -0.39 is 27.7 Å². The molecule has 1 aliphatic carbocycles. The number of carbonyl (C=O) groups is 2. The average Bonchev–Trinajstić information content (AvgIpc) is 3.65. The van der Waals surface area contributed by atoms with Crippen molar-refractivity contribution in [2.45, 2.75) is 19.4 Å². The summed E-state index contributed by atoms with van der Waals surface area (Å²) >= 11 is 0. The fourth-order valence-corrected chi connectivity index (χ4v) is 3.91. The van der Waals surface area contributed by atoms with Crippen LogP contribution in [-0.2, 0) is 16.6 Å². The molecule has 0 unspecified atom stereocenters. The van der Waals surface area contributed by atoms with E-state index in [0.717, 1.165) is 25.2 Å². The zero-order valence-electron chi connectivity index (χ0n) is 19.4. The first kappa shape index (κ1) is 25.2. The Labute approximate surface area is 207 Å². The molecule has 3 aromatic carbocycles. The monoisotopic (exact) mass is 513 g/mol. The highest BCUT2D eigenvalue weighted by Crippen LogP contribution is 2.33. The van der Waals surface area contributed by atoms with Crippen molar-refractivity contribution in [2.75, 3.05) is 12.9 Å². The number of nitrogens with one attached hydrogen (secondary N) is 1. The van der Waals surface area contributed by atoms with Crippen molar-refractivity contribution in [2.24, 2.45) is 5.92 Å². The van der Waals surface area contributed by atoms with E-state index in [-0.39, 0.29) is 23.3 Å². The Balaban J connectivity index is 1.46. The highest BCUT2D eigenvalue weighted by Gasteiger charge is 2.23. The van der Waals surface area contributed by atoms with Gasteiger partial charge in [0.05, 0.1) is 12.9 Å². The van der Waals surface area contributed by atoms with Crippen LogP contribution in [0.5, 0.6) is 11.5 Å². The van der Waals surface area contributed by atoms with E-state index in [1.807, 2.05) is 0 Å². The Bertz CT molecular complexity index is 1420. The topological polar surface area (TPSA) is 119 Å². The lowest BCUT2D eigenvalue weighted by Crippen LogP contribution is -2.29. The SMILES string of the molecule is CS(=O)(=O)NC(=O)c1ccc(COc2cccc(-c3ccc(OCC4CC4)c(C(=O)O)c3)c2)c(F)c1. The lowest BCUT2D eigenvalue weighted by Gasteiger charge is -2.12. The number of hydrogen-bond donors (Lipinski definition) is 2. The van der Waals surface area contributed by atoms with Crippen molar-refractivity contribution in [1.82, 2.24) is 4.72 Å². The Morgan fingerprint density at radius 2 is 1.78 bits per heavy atom. The van der Waals surface area contributed by atoms with Crippen LogP contribution in [0.25, 0.3) is 11.1 Å². The molecule has 0 radical (unpaired) electrons. The second-order valence-electron chi connectivity index (χ2n) is 8.60. The van der Waals surface area contributed by atoms with Crippen molar-refractivity contribution in [3.63, 3.8) is 0 Å². The fourth-order valence-electron chi connectivity index (χ4n) is 3.45. The van der Waals surface area contributed by atoms with Gasteiger partial charge in [0.15, 0.2) is 0 Å². The van der Waals surface area contributed by atoms with E-state index in [1.165, 1.54) is 12.1 Å². The summed E-state index contributed by atoms with van der Waals surface area (Å²) < 4.78 is 50.1. The van der Waals surface area contributed by atoms with Crippen molar-refractivity contribution in [1.29, 1.82) is 0 Å². The van der Waals surface area contributed by atoms with Gasteiger partial charge in [-0.2, -0.15) is 0 Å². The van der Waals surface area contributed by atoms with Gasteiger partial charge in [-0.05, 0) is 66.3 Å². The lowest BCUT2D eigenvalue weighted by atomic mass is 10.0. The number of benzene rings is 3. The highest BCUT2D eigenvalue weighted by molar-refractivity contribution is 7.89. The molecule has 36 heavy (non-hydrogen) atoms. The van der Waals surface area contributed by atoms with Crippen molar-refractivity contribution >= 4 is 21.9 Å². The Hall–Kier alpha value is -3.92. The number of carbonyl (C=O) groups excluding carboxylic acids is 1. The standard InChI is InChI=1S/C26H24FNO7S/c1-36(32,33)28-25(29)19-7-8-20(23(27)13-19)15-34-21-4-2-3-17(11-21)18-9-10-24(22(12-18)26(30)31)35-14-16-5-6-16/h2-4,7-13,16H,5-6,14-15H2,1H3,(H,28,29)(H,30,31). The first-order valence-electron chi connectivity index (χ1n) is 11.1. The minimum absolute atomic E-state index is 0.0709. The molecule has 4 rings (SSSR count). The van der Waals surface area contributed by atoms with Crippen LogP contribution in [0.3, 0.4) is 0 Å². The maximum atomic E-state index is 14.5. The summed E-state index contributed by atoms with van der Waals surface area (Å²) in [6.07, 6.45) is 3.02. The third-order valence-electron chi connectivity index (χ3n) is 5.54. The number of carboxylic acid groups (broad SMARTS) is 1. The predicted octanol–water partition coefficient (Wildman–Crippen LogP) is 4.25. The molecule has 0 aromatic heterocycles. The molecule has 0 heterocycles. The lowest BCUT2D eigenvalue weighted by molar-refractivity contribution is 0.0691. The largest absolute Gasteiger partial charge is 0.492 e. The van der Waals surface area contributed by atoms with E-state index in [9.17, 15) is 27.5 Å². The zero-order chi connectivity index (χ0) is 25.9. The quantitative estimate of drug-likeness (QED) is 0.416. The van der Waals surface area contributed by atoms with Gasteiger partial charge in [-0.25, -0.2) is 22.3 Å². The van der Waals surface area contributed by atoms with Gasteiger partial charge in [0, 0.05) is 11.1 Å². The molecule has 3 aromatic rings. The third-order valence-corrected chi connectivity index (χ3v) is 6.09. The summed E-state index contributed by atoms with van der Waals surface area (Å²) in [5, 5.41) is 9.62. The maximum Gasteiger partial charge on any atom is 0.339 e. The van der Waals surface area contributed by atoms with Crippen LogP contribution in [-0.4, -0.2) is 38.3 Å². The van der Waals surface area contributed by atoms with Crippen LogP contribution in [0.2, 0.25) is 0 Å². The molecule has 1 saturated carbocycles. The minimum Gasteiger partial charge on any atom is -0.492 e. The molecular formula is C26H24FNO7S. The first-order chi connectivity index (χ1) is 17.1. The van der Waals surface area contributed by atoms with Gasteiger partial charge in [0.2, 0.25) is 10.0 Å². The number of rotatable bonds is 10. The van der Waals surface area contributed by atoms with Crippen LogP contribution in [0.15, 0.2) is 60.7 Å². The van der Waals surface area contributed by atoms with Gasteiger partial charge in [-0.3, -0.25) is 4.79 Å². The molecule has 1 fully saturated rings. The molecule has 188 valence electrons. The van der Waals surface area contributed by atoms with Crippen molar-refractivity contribution in [3.8, 4) is 22.6 Å². The van der Waals surface area contributed by atoms with Crippen LogP contribution in [0, 0.1) is 11.7 Å². The van der Waals surface area contributed by atoms with Gasteiger partial charge in [0.25, 0.3) is 5.91 Å². The smallest absolute Gasteiger partial charge is 0.339 e. The normalized spacial score (nSPS) is 13.2. The molecule has 8 nitrogen and oxygen atoms in total. The summed E-state index contributed by atoms with van der Waals surface area (Å²) in [7, 11) is -3.77. The van der Waals surface area contributed by atoms with Crippen LogP contribution < -0.4 is 14.2 Å². The third kappa shape index (κ3) is 6.60. The number of ether oxygens (including phenoxy) is 2. The molecule has 1 aliphatic rings. The second kappa shape index (κ2) is 10.4. The number of halogens is 1. The molecule has 1 amide bonds. The number of carboxylic acids is 1. The number of sulfonamides is 1. The highest BCUT2D eigenvalue weighted by atomic mass is 32.2. The number of aromatic carboxylic acids is 1. The van der Waals surface area contributed by atoms with E-state index in [4.69, 9.17) is 9.47 Å². The van der Waals surface area contributed by atoms with E-state index in [1.54, 1.807) is 47.2 Å². The fraction of sp³-hybridized carbons (Fsp3) is 0.231. The summed E-state index contributed by atoms with van der Waals surface area (Å²) in [4.78, 5) is 23.7. The molecule has 0 aliphatic heterocycles. The summed E-state index contributed by atoms with van der Waals surface area (Å²) in [5.74, 6) is -1.49.